The molecule has 76 valence electrons. The molecule has 0 unspecified atom stereocenters. The molecule has 1 aliphatic heterocycles. The van der Waals surface area contributed by atoms with E-state index >= 15 is 0 Å². The Morgan fingerprint density at radius 2 is 1.77 bits per heavy atom. The van der Waals surface area contributed by atoms with Crippen LogP contribution in [0.1, 0.15) is 25.7 Å². The molecule has 0 amide bonds. The van der Waals surface area contributed by atoms with Gasteiger partial charge in [-0.2, -0.15) is 0 Å². The van der Waals surface area contributed by atoms with E-state index in [-0.39, 0.29) is 5.41 Å². The van der Waals surface area contributed by atoms with Crippen molar-refractivity contribution in [2.24, 2.45) is 5.41 Å². The number of nitrogens with one attached hydrogen (secondary N) is 1. The average Bonchev–Trinajstić information content (AvgIpc) is 2.02. The van der Waals surface area contributed by atoms with Gasteiger partial charge >= 0.3 is 0 Å². The summed E-state index contributed by atoms with van der Waals surface area (Å²) in [7, 11) is -0.648. The zero-order valence-corrected chi connectivity index (χ0v) is 8.86. The number of hydrogen-bond acceptors (Lipinski definition) is 3. The lowest BCUT2D eigenvalue weighted by Gasteiger charge is -2.45. The van der Waals surface area contributed by atoms with E-state index in [1.807, 2.05) is 7.05 Å². The van der Waals surface area contributed by atoms with Gasteiger partial charge in [0, 0.05) is 6.04 Å². The van der Waals surface area contributed by atoms with Gasteiger partial charge in [-0.05, 0) is 38.1 Å². The van der Waals surface area contributed by atoms with Gasteiger partial charge in [-0.25, -0.2) is 8.42 Å². The van der Waals surface area contributed by atoms with Gasteiger partial charge in [0.25, 0.3) is 0 Å². The van der Waals surface area contributed by atoms with Gasteiger partial charge in [0.15, 0.2) is 9.84 Å². The summed E-state index contributed by atoms with van der Waals surface area (Å²) in [6, 6.07) is 0.619. The van der Waals surface area contributed by atoms with Crippen molar-refractivity contribution in [3.63, 3.8) is 0 Å². The third kappa shape index (κ3) is 1.74. The summed E-state index contributed by atoms with van der Waals surface area (Å²) >= 11 is 0. The predicted octanol–water partition coefficient (Wildman–Crippen LogP) is 0.563. The third-order valence-electron chi connectivity index (χ3n) is 3.51. The first-order valence-electron chi connectivity index (χ1n) is 4.93. The molecule has 1 aliphatic carbocycles. The van der Waals surface area contributed by atoms with Gasteiger partial charge in [0.05, 0.1) is 11.5 Å². The Hall–Kier alpha value is -0.0900. The monoisotopic (exact) mass is 203 g/mol. The van der Waals surface area contributed by atoms with Crippen LogP contribution in [0.25, 0.3) is 0 Å². The second-order valence-corrected chi connectivity index (χ2v) is 6.66. The highest BCUT2D eigenvalue weighted by molar-refractivity contribution is 7.92. The highest BCUT2D eigenvalue weighted by atomic mass is 32.2. The van der Waals surface area contributed by atoms with Crippen molar-refractivity contribution >= 4 is 9.84 Å². The molecular formula is C9H17NO2S. The standard InChI is InChI=1S/C9H17NO2S/c1-10-8-2-4-9(5-3-8)6-13(11,12)7-9/h8,10H,2-7H2,1H3. The van der Waals surface area contributed by atoms with Crippen LogP contribution in [-0.4, -0.2) is 33.0 Å². The van der Waals surface area contributed by atoms with E-state index in [2.05, 4.69) is 5.32 Å². The molecule has 1 saturated carbocycles. The molecule has 1 heterocycles. The summed E-state index contributed by atoms with van der Waals surface area (Å²) in [5.41, 5.74) is 0.187. The van der Waals surface area contributed by atoms with E-state index in [1.54, 1.807) is 0 Å². The summed E-state index contributed by atoms with van der Waals surface area (Å²) in [6.07, 6.45) is 4.48. The van der Waals surface area contributed by atoms with Crippen LogP contribution in [0, 0.1) is 5.41 Å². The minimum Gasteiger partial charge on any atom is -0.317 e. The van der Waals surface area contributed by atoms with Crippen molar-refractivity contribution in [2.75, 3.05) is 18.6 Å². The summed E-state index contributed by atoms with van der Waals surface area (Å²) in [5, 5.41) is 3.26. The Balaban J connectivity index is 1.93. The molecule has 2 aliphatic rings. The number of rotatable bonds is 1. The molecule has 0 atom stereocenters. The van der Waals surface area contributed by atoms with Gasteiger partial charge in [-0.1, -0.05) is 0 Å². The van der Waals surface area contributed by atoms with E-state index in [4.69, 9.17) is 0 Å². The van der Waals surface area contributed by atoms with E-state index in [1.165, 1.54) is 0 Å². The van der Waals surface area contributed by atoms with Crippen molar-refractivity contribution < 1.29 is 8.42 Å². The summed E-state index contributed by atoms with van der Waals surface area (Å²) in [6.45, 7) is 0. The molecule has 0 aromatic rings. The molecule has 2 fully saturated rings. The Bertz CT molecular complexity index is 275. The molecule has 1 saturated heterocycles. The molecular weight excluding hydrogens is 186 g/mol. The normalized spacial score (nSPS) is 31.5. The third-order valence-corrected chi connectivity index (χ3v) is 5.61. The topological polar surface area (TPSA) is 46.2 Å². The lowest BCUT2D eigenvalue weighted by Crippen LogP contribution is -2.52. The molecule has 1 N–H and O–H groups in total. The second kappa shape index (κ2) is 2.95. The molecule has 0 aromatic heterocycles. The quantitative estimate of drug-likeness (QED) is 0.677. The Morgan fingerprint density at radius 1 is 1.23 bits per heavy atom. The SMILES string of the molecule is CNC1CCC2(CC1)CS(=O)(=O)C2. The summed E-state index contributed by atoms with van der Waals surface area (Å²) in [5.74, 6) is 0.910. The van der Waals surface area contributed by atoms with Gasteiger partial charge in [-0.15, -0.1) is 0 Å². The minimum absolute atomic E-state index is 0.187. The maximum atomic E-state index is 11.1. The van der Waals surface area contributed by atoms with Crippen molar-refractivity contribution in [3.05, 3.63) is 0 Å². The van der Waals surface area contributed by atoms with Crippen molar-refractivity contribution in [1.29, 1.82) is 0 Å². The van der Waals surface area contributed by atoms with Crippen LogP contribution in [-0.2, 0) is 9.84 Å². The average molecular weight is 203 g/mol. The number of sulfone groups is 1. The fourth-order valence-corrected chi connectivity index (χ4v) is 5.06. The van der Waals surface area contributed by atoms with E-state index < -0.39 is 9.84 Å². The van der Waals surface area contributed by atoms with E-state index in [9.17, 15) is 8.42 Å². The van der Waals surface area contributed by atoms with Crippen molar-refractivity contribution in [1.82, 2.24) is 5.32 Å². The smallest absolute Gasteiger partial charge is 0.151 e. The van der Waals surface area contributed by atoms with Crippen LogP contribution >= 0.6 is 0 Å². The van der Waals surface area contributed by atoms with Gasteiger partial charge in [0.1, 0.15) is 0 Å². The van der Waals surface area contributed by atoms with Crippen LogP contribution in [0.4, 0.5) is 0 Å². The van der Waals surface area contributed by atoms with Crippen LogP contribution in [0.3, 0.4) is 0 Å². The summed E-state index contributed by atoms with van der Waals surface area (Å²) < 4.78 is 22.2. The maximum absolute atomic E-state index is 11.1. The zero-order chi connectivity index (χ0) is 9.53. The Kier molecular flexibility index (Phi) is 2.15. The molecule has 2 rings (SSSR count). The first kappa shape index (κ1) is 9.46. The zero-order valence-electron chi connectivity index (χ0n) is 8.04. The molecule has 0 aromatic carbocycles. The van der Waals surface area contributed by atoms with Crippen LogP contribution in [0.5, 0.6) is 0 Å². The van der Waals surface area contributed by atoms with Crippen molar-refractivity contribution in [3.8, 4) is 0 Å². The molecule has 1 spiro atoms. The second-order valence-electron chi connectivity index (χ2n) is 4.60. The molecule has 3 nitrogen and oxygen atoms in total. The molecule has 0 radical (unpaired) electrons. The van der Waals surface area contributed by atoms with Crippen molar-refractivity contribution in [2.45, 2.75) is 31.7 Å². The first-order valence-corrected chi connectivity index (χ1v) is 6.75. The minimum atomic E-state index is -2.63. The first-order chi connectivity index (χ1) is 6.05. The Labute approximate surface area is 79.8 Å². The Morgan fingerprint density at radius 3 is 2.15 bits per heavy atom. The van der Waals surface area contributed by atoms with Gasteiger partial charge in [-0.3, -0.25) is 0 Å². The van der Waals surface area contributed by atoms with Crippen LogP contribution in [0.2, 0.25) is 0 Å². The van der Waals surface area contributed by atoms with E-state index in [0.29, 0.717) is 17.5 Å². The van der Waals surface area contributed by atoms with Gasteiger partial charge < -0.3 is 5.32 Å². The van der Waals surface area contributed by atoms with Crippen LogP contribution < -0.4 is 5.32 Å². The fourth-order valence-electron chi connectivity index (χ4n) is 2.70. The highest BCUT2D eigenvalue weighted by Gasteiger charge is 2.49. The molecule has 13 heavy (non-hydrogen) atoms. The largest absolute Gasteiger partial charge is 0.317 e. The maximum Gasteiger partial charge on any atom is 0.151 e. The summed E-state index contributed by atoms with van der Waals surface area (Å²) in [4.78, 5) is 0. The lowest BCUT2D eigenvalue weighted by atomic mass is 9.74. The lowest BCUT2D eigenvalue weighted by molar-refractivity contribution is 0.198. The number of hydrogen-bond donors (Lipinski definition) is 1. The van der Waals surface area contributed by atoms with Crippen LogP contribution in [0.15, 0.2) is 0 Å². The molecule has 0 bridgehead atoms. The highest BCUT2D eigenvalue weighted by Crippen LogP contribution is 2.45. The van der Waals surface area contributed by atoms with Gasteiger partial charge in [0.2, 0.25) is 0 Å². The fraction of sp³-hybridized carbons (Fsp3) is 1.00. The predicted molar refractivity (Wildman–Crippen MR) is 52.4 cm³/mol. The van der Waals surface area contributed by atoms with E-state index in [0.717, 1.165) is 25.7 Å². The molecule has 4 heteroatoms.